The van der Waals surface area contributed by atoms with E-state index in [-0.39, 0.29) is 0 Å². The second-order valence-corrected chi connectivity index (χ2v) is 2.92. The van der Waals surface area contributed by atoms with Gasteiger partial charge in [0.1, 0.15) is 5.75 Å². The summed E-state index contributed by atoms with van der Waals surface area (Å²) in [5.74, 6) is 3.55. The molecular formula is C12H14O. The van der Waals surface area contributed by atoms with Crippen molar-refractivity contribution in [1.29, 1.82) is 0 Å². The molecular weight excluding hydrogens is 160 g/mol. The van der Waals surface area contributed by atoms with Crippen LogP contribution in [0.4, 0.5) is 0 Å². The maximum atomic E-state index is 5.54. The molecule has 1 aromatic rings. The highest BCUT2D eigenvalue weighted by Gasteiger charge is 1.95. The number of para-hydroxylation sites is 1. The van der Waals surface area contributed by atoms with Gasteiger partial charge in [-0.05, 0) is 25.0 Å². The Labute approximate surface area is 79.7 Å². The van der Waals surface area contributed by atoms with Crippen LogP contribution in [0.3, 0.4) is 0 Å². The van der Waals surface area contributed by atoms with Crippen LogP contribution in [0.1, 0.15) is 18.4 Å². The van der Waals surface area contributed by atoms with Gasteiger partial charge < -0.3 is 4.74 Å². The molecule has 0 unspecified atom stereocenters. The first kappa shape index (κ1) is 9.67. The van der Waals surface area contributed by atoms with Gasteiger partial charge in [0.25, 0.3) is 0 Å². The maximum Gasteiger partial charge on any atom is 0.122 e. The van der Waals surface area contributed by atoms with E-state index < -0.39 is 0 Å². The molecule has 0 amide bonds. The molecule has 0 N–H and O–H groups in total. The lowest BCUT2D eigenvalue weighted by molar-refractivity contribution is 0.311. The summed E-state index contributed by atoms with van der Waals surface area (Å²) in [5.41, 5.74) is 1.17. The molecule has 0 fully saturated rings. The smallest absolute Gasteiger partial charge is 0.122 e. The molecule has 1 aromatic carbocycles. The highest BCUT2D eigenvalue weighted by atomic mass is 16.5. The molecule has 1 heteroatoms. The van der Waals surface area contributed by atoms with Crippen molar-refractivity contribution in [1.82, 2.24) is 0 Å². The molecule has 0 spiro atoms. The number of hydrogen-bond donors (Lipinski definition) is 0. The number of hydrogen-bond acceptors (Lipinski definition) is 1. The van der Waals surface area contributed by atoms with E-state index in [0.717, 1.165) is 18.6 Å². The fraction of sp³-hybridized carbons (Fsp3) is 0.333. The number of benzene rings is 1. The molecule has 0 aliphatic carbocycles. The minimum absolute atomic E-state index is 0.703. The molecule has 0 aliphatic rings. The van der Waals surface area contributed by atoms with E-state index in [4.69, 9.17) is 11.2 Å². The summed E-state index contributed by atoms with van der Waals surface area (Å²) >= 11 is 0. The van der Waals surface area contributed by atoms with Crippen LogP contribution >= 0.6 is 0 Å². The molecule has 0 saturated carbocycles. The third-order valence-corrected chi connectivity index (χ3v) is 1.82. The quantitative estimate of drug-likeness (QED) is 0.504. The van der Waals surface area contributed by atoms with Gasteiger partial charge in [-0.15, -0.1) is 12.3 Å². The van der Waals surface area contributed by atoms with Crippen molar-refractivity contribution in [3.63, 3.8) is 0 Å². The van der Waals surface area contributed by atoms with Gasteiger partial charge >= 0.3 is 0 Å². The lowest BCUT2D eigenvalue weighted by atomic mass is 10.2. The van der Waals surface area contributed by atoms with Gasteiger partial charge in [0.2, 0.25) is 0 Å². The van der Waals surface area contributed by atoms with Crippen LogP contribution in [0.2, 0.25) is 0 Å². The molecule has 0 aliphatic heterocycles. The van der Waals surface area contributed by atoms with Crippen molar-refractivity contribution in [3.8, 4) is 18.1 Å². The molecule has 13 heavy (non-hydrogen) atoms. The van der Waals surface area contributed by atoms with Crippen molar-refractivity contribution >= 4 is 0 Å². The molecule has 0 bridgehead atoms. The lowest BCUT2D eigenvalue weighted by Crippen LogP contribution is -1.97. The van der Waals surface area contributed by atoms with Gasteiger partial charge in [0.15, 0.2) is 0 Å². The standard InChI is InChI=1S/C12H14O/c1-3-4-7-10-13-12-9-6-5-8-11(12)2/h1,5-6,8-9H,4,7,10H2,2H3. The fourth-order valence-corrected chi connectivity index (χ4v) is 1.07. The van der Waals surface area contributed by atoms with E-state index in [1.165, 1.54) is 5.56 Å². The van der Waals surface area contributed by atoms with Crippen molar-refractivity contribution in [2.45, 2.75) is 19.8 Å². The monoisotopic (exact) mass is 174 g/mol. The molecule has 0 aromatic heterocycles. The Morgan fingerprint density at radius 3 is 2.85 bits per heavy atom. The van der Waals surface area contributed by atoms with Gasteiger partial charge in [-0.3, -0.25) is 0 Å². The van der Waals surface area contributed by atoms with Gasteiger partial charge in [-0.25, -0.2) is 0 Å². The normalized spacial score (nSPS) is 9.23. The van der Waals surface area contributed by atoms with E-state index >= 15 is 0 Å². The second-order valence-electron chi connectivity index (χ2n) is 2.92. The predicted molar refractivity (Wildman–Crippen MR) is 54.7 cm³/mol. The van der Waals surface area contributed by atoms with Crippen molar-refractivity contribution in [3.05, 3.63) is 29.8 Å². The van der Waals surface area contributed by atoms with Crippen molar-refractivity contribution in [2.75, 3.05) is 6.61 Å². The summed E-state index contributed by atoms with van der Waals surface area (Å²) < 4.78 is 5.54. The topological polar surface area (TPSA) is 9.23 Å². The van der Waals surface area contributed by atoms with Gasteiger partial charge in [0, 0.05) is 6.42 Å². The van der Waals surface area contributed by atoms with Crippen LogP contribution in [0.5, 0.6) is 5.75 Å². The van der Waals surface area contributed by atoms with E-state index in [2.05, 4.69) is 5.92 Å². The Kier molecular flexibility index (Phi) is 3.92. The highest BCUT2D eigenvalue weighted by molar-refractivity contribution is 5.31. The van der Waals surface area contributed by atoms with Gasteiger partial charge in [0.05, 0.1) is 6.61 Å². The van der Waals surface area contributed by atoms with Gasteiger partial charge in [-0.2, -0.15) is 0 Å². The summed E-state index contributed by atoms with van der Waals surface area (Å²) in [7, 11) is 0. The first-order valence-electron chi connectivity index (χ1n) is 4.46. The molecule has 0 heterocycles. The largest absolute Gasteiger partial charge is 0.493 e. The Morgan fingerprint density at radius 1 is 1.38 bits per heavy atom. The number of rotatable bonds is 4. The zero-order valence-electron chi connectivity index (χ0n) is 7.92. The Bertz CT molecular complexity index is 296. The Balaban J connectivity index is 2.37. The Hall–Kier alpha value is -1.42. The number of aryl methyl sites for hydroxylation is 1. The summed E-state index contributed by atoms with van der Waals surface area (Å²) in [6.07, 6.45) is 6.84. The first-order valence-corrected chi connectivity index (χ1v) is 4.46. The molecule has 0 radical (unpaired) electrons. The average molecular weight is 174 g/mol. The number of unbranched alkanes of at least 4 members (excludes halogenated alkanes) is 1. The average Bonchev–Trinajstić information content (AvgIpc) is 2.15. The molecule has 68 valence electrons. The lowest BCUT2D eigenvalue weighted by Gasteiger charge is -2.06. The number of ether oxygens (including phenoxy) is 1. The summed E-state index contributed by atoms with van der Waals surface area (Å²) in [6.45, 7) is 2.74. The van der Waals surface area contributed by atoms with Crippen LogP contribution in [-0.2, 0) is 0 Å². The number of terminal acetylenes is 1. The molecule has 0 saturated heterocycles. The summed E-state index contributed by atoms with van der Waals surface area (Å²) in [4.78, 5) is 0. The maximum absolute atomic E-state index is 5.54. The van der Waals surface area contributed by atoms with E-state index in [9.17, 15) is 0 Å². The second kappa shape index (κ2) is 5.27. The predicted octanol–water partition coefficient (Wildman–Crippen LogP) is 2.79. The highest BCUT2D eigenvalue weighted by Crippen LogP contribution is 2.16. The zero-order chi connectivity index (χ0) is 9.52. The van der Waals surface area contributed by atoms with E-state index in [0.29, 0.717) is 6.61 Å². The van der Waals surface area contributed by atoms with Crippen molar-refractivity contribution < 1.29 is 4.74 Å². The minimum atomic E-state index is 0.703. The third-order valence-electron chi connectivity index (χ3n) is 1.82. The van der Waals surface area contributed by atoms with Crippen LogP contribution in [0, 0.1) is 19.3 Å². The zero-order valence-corrected chi connectivity index (χ0v) is 7.92. The fourth-order valence-electron chi connectivity index (χ4n) is 1.07. The Morgan fingerprint density at radius 2 is 2.15 bits per heavy atom. The molecule has 1 nitrogen and oxygen atoms in total. The van der Waals surface area contributed by atoms with Crippen molar-refractivity contribution in [2.24, 2.45) is 0 Å². The summed E-state index contributed by atoms with van der Waals surface area (Å²) in [5, 5.41) is 0. The van der Waals surface area contributed by atoms with E-state index in [1.54, 1.807) is 0 Å². The van der Waals surface area contributed by atoms with Crippen LogP contribution in [0.15, 0.2) is 24.3 Å². The minimum Gasteiger partial charge on any atom is -0.493 e. The summed E-state index contributed by atoms with van der Waals surface area (Å²) in [6, 6.07) is 7.99. The van der Waals surface area contributed by atoms with Crippen LogP contribution in [0.25, 0.3) is 0 Å². The van der Waals surface area contributed by atoms with Crippen LogP contribution < -0.4 is 4.74 Å². The third kappa shape index (κ3) is 3.21. The van der Waals surface area contributed by atoms with Gasteiger partial charge in [-0.1, -0.05) is 18.2 Å². The first-order chi connectivity index (χ1) is 6.34. The SMILES string of the molecule is C#CCCCOc1ccccc1C. The van der Waals surface area contributed by atoms with E-state index in [1.807, 2.05) is 31.2 Å². The molecule has 1 rings (SSSR count). The van der Waals surface area contributed by atoms with Crippen LogP contribution in [-0.4, -0.2) is 6.61 Å². The molecule has 0 atom stereocenters.